The molecule has 0 spiro atoms. The highest BCUT2D eigenvalue weighted by molar-refractivity contribution is 5.92. The fourth-order valence-corrected chi connectivity index (χ4v) is 1.57. The topological polar surface area (TPSA) is 128 Å². The van der Waals surface area contributed by atoms with Gasteiger partial charge in [0.05, 0.1) is 19.1 Å². The molecule has 1 amide bonds. The molecule has 1 aromatic rings. The SMILES string of the molecule is CCOC(=O)CC(C)NC(=O)c1coc(C(N)C(C)O)n1. The molecule has 8 heteroatoms. The third-order valence-electron chi connectivity index (χ3n) is 2.72. The van der Waals surface area contributed by atoms with Crippen molar-refractivity contribution in [3.05, 3.63) is 17.8 Å². The molecule has 0 aliphatic carbocycles. The van der Waals surface area contributed by atoms with E-state index in [-0.39, 0.29) is 24.0 Å². The predicted molar refractivity (Wildman–Crippen MR) is 73.3 cm³/mol. The highest BCUT2D eigenvalue weighted by Crippen LogP contribution is 2.13. The van der Waals surface area contributed by atoms with Crippen LogP contribution in [0, 0.1) is 0 Å². The molecule has 1 heterocycles. The minimum Gasteiger partial charge on any atom is -0.466 e. The van der Waals surface area contributed by atoms with Gasteiger partial charge in [-0.25, -0.2) is 4.98 Å². The standard InChI is InChI=1S/C13H21N3O5/c1-4-20-10(18)5-7(2)15-12(19)9-6-21-13(16-9)11(14)8(3)17/h6-8,11,17H,4-5,14H2,1-3H3,(H,15,19). The van der Waals surface area contributed by atoms with Gasteiger partial charge < -0.3 is 25.3 Å². The third kappa shape index (κ3) is 5.16. The van der Waals surface area contributed by atoms with Crippen LogP contribution in [0.3, 0.4) is 0 Å². The number of amides is 1. The largest absolute Gasteiger partial charge is 0.466 e. The Kier molecular flexibility index (Phi) is 6.32. The summed E-state index contributed by atoms with van der Waals surface area (Å²) in [5.41, 5.74) is 5.69. The number of oxazole rings is 1. The number of carbonyl (C=O) groups is 2. The van der Waals surface area contributed by atoms with Crippen LogP contribution >= 0.6 is 0 Å². The molecule has 0 aliphatic heterocycles. The number of esters is 1. The van der Waals surface area contributed by atoms with Gasteiger partial charge in [-0.3, -0.25) is 9.59 Å². The van der Waals surface area contributed by atoms with Crippen LogP contribution in [0.15, 0.2) is 10.7 Å². The molecule has 3 atom stereocenters. The highest BCUT2D eigenvalue weighted by Gasteiger charge is 2.21. The Bertz CT molecular complexity index is 486. The molecular formula is C13H21N3O5. The van der Waals surface area contributed by atoms with Crippen LogP contribution in [0.2, 0.25) is 0 Å². The zero-order valence-corrected chi connectivity index (χ0v) is 12.3. The summed E-state index contributed by atoms with van der Waals surface area (Å²) >= 11 is 0. The van der Waals surface area contributed by atoms with E-state index >= 15 is 0 Å². The molecule has 0 bridgehead atoms. The maximum atomic E-state index is 11.9. The number of aliphatic hydroxyl groups excluding tert-OH is 1. The number of nitrogens with one attached hydrogen (secondary N) is 1. The van der Waals surface area contributed by atoms with Gasteiger partial charge in [-0.05, 0) is 20.8 Å². The molecule has 0 aromatic carbocycles. The van der Waals surface area contributed by atoms with Gasteiger partial charge in [-0.2, -0.15) is 0 Å². The van der Waals surface area contributed by atoms with Crippen molar-refractivity contribution in [1.29, 1.82) is 0 Å². The van der Waals surface area contributed by atoms with Crippen molar-refractivity contribution in [3.63, 3.8) is 0 Å². The minimum atomic E-state index is -0.845. The van der Waals surface area contributed by atoms with Crippen molar-refractivity contribution in [1.82, 2.24) is 10.3 Å². The lowest BCUT2D eigenvalue weighted by Gasteiger charge is -2.12. The van der Waals surface area contributed by atoms with Crippen LogP contribution in [-0.2, 0) is 9.53 Å². The summed E-state index contributed by atoms with van der Waals surface area (Å²) in [5, 5.41) is 11.9. The van der Waals surface area contributed by atoms with E-state index in [0.717, 1.165) is 6.26 Å². The van der Waals surface area contributed by atoms with Crippen LogP contribution in [-0.4, -0.2) is 40.7 Å². The second-order valence-electron chi connectivity index (χ2n) is 4.72. The van der Waals surface area contributed by atoms with Gasteiger partial charge in [-0.1, -0.05) is 0 Å². The number of aliphatic hydroxyl groups is 1. The molecule has 4 N–H and O–H groups in total. The number of carbonyl (C=O) groups excluding carboxylic acids is 2. The number of aromatic nitrogens is 1. The van der Waals surface area contributed by atoms with Crippen LogP contribution in [0.1, 0.15) is 49.6 Å². The fourth-order valence-electron chi connectivity index (χ4n) is 1.57. The van der Waals surface area contributed by atoms with Gasteiger partial charge in [0.15, 0.2) is 5.69 Å². The van der Waals surface area contributed by atoms with Crippen LogP contribution in [0.5, 0.6) is 0 Å². The number of nitrogens with two attached hydrogens (primary N) is 1. The van der Waals surface area contributed by atoms with Gasteiger partial charge in [0.25, 0.3) is 5.91 Å². The highest BCUT2D eigenvalue weighted by atomic mass is 16.5. The third-order valence-corrected chi connectivity index (χ3v) is 2.72. The predicted octanol–water partition coefficient (Wildman–Crippen LogP) is 0.127. The summed E-state index contributed by atoms with van der Waals surface area (Å²) < 4.78 is 9.85. The molecule has 118 valence electrons. The quantitative estimate of drug-likeness (QED) is 0.610. The van der Waals surface area contributed by atoms with Gasteiger partial charge in [-0.15, -0.1) is 0 Å². The smallest absolute Gasteiger partial charge is 0.307 e. The molecule has 3 unspecified atom stereocenters. The maximum absolute atomic E-state index is 11.9. The molecule has 1 rings (SSSR count). The Morgan fingerprint density at radius 1 is 1.52 bits per heavy atom. The number of hydrogen-bond donors (Lipinski definition) is 3. The number of rotatable bonds is 7. The first-order chi connectivity index (χ1) is 9.85. The maximum Gasteiger partial charge on any atom is 0.307 e. The fraction of sp³-hybridized carbons (Fsp3) is 0.615. The van der Waals surface area contributed by atoms with Crippen molar-refractivity contribution in [2.24, 2.45) is 5.73 Å². The van der Waals surface area contributed by atoms with E-state index in [1.165, 1.54) is 6.92 Å². The van der Waals surface area contributed by atoms with Crippen molar-refractivity contribution < 1.29 is 23.8 Å². The summed E-state index contributed by atoms with van der Waals surface area (Å²) in [7, 11) is 0. The van der Waals surface area contributed by atoms with Crippen LogP contribution < -0.4 is 11.1 Å². The van der Waals surface area contributed by atoms with Gasteiger partial charge in [0, 0.05) is 6.04 Å². The van der Waals surface area contributed by atoms with E-state index in [1.54, 1.807) is 13.8 Å². The Morgan fingerprint density at radius 3 is 2.76 bits per heavy atom. The zero-order valence-electron chi connectivity index (χ0n) is 12.3. The lowest BCUT2D eigenvalue weighted by molar-refractivity contribution is -0.143. The van der Waals surface area contributed by atoms with Crippen molar-refractivity contribution in [2.75, 3.05) is 6.61 Å². The van der Waals surface area contributed by atoms with Gasteiger partial charge in [0.2, 0.25) is 5.89 Å². The molecule has 8 nitrogen and oxygen atoms in total. The Hall–Kier alpha value is -1.93. The summed E-state index contributed by atoms with van der Waals surface area (Å²) in [6.07, 6.45) is 0.379. The van der Waals surface area contributed by atoms with E-state index in [4.69, 9.17) is 14.9 Å². The number of ether oxygens (including phenoxy) is 1. The van der Waals surface area contributed by atoms with E-state index in [0.29, 0.717) is 6.61 Å². The van der Waals surface area contributed by atoms with E-state index in [9.17, 15) is 14.7 Å². The Balaban J connectivity index is 2.58. The lowest BCUT2D eigenvalue weighted by atomic mass is 10.2. The first-order valence-electron chi connectivity index (χ1n) is 6.70. The molecule has 0 saturated heterocycles. The molecule has 0 fully saturated rings. The van der Waals surface area contributed by atoms with Crippen molar-refractivity contribution >= 4 is 11.9 Å². The number of nitrogens with zero attached hydrogens (tertiary/aromatic N) is 1. The average Bonchev–Trinajstić information content (AvgIpc) is 2.87. The summed E-state index contributed by atoms with van der Waals surface area (Å²) in [5.74, 6) is -0.796. The van der Waals surface area contributed by atoms with E-state index < -0.39 is 24.1 Å². The van der Waals surface area contributed by atoms with E-state index in [1.807, 2.05) is 0 Å². The molecular weight excluding hydrogens is 278 g/mol. The minimum absolute atomic E-state index is 0.0387. The van der Waals surface area contributed by atoms with Crippen LogP contribution in [0.25, 0.3) is 0 Å². The zero-order chi connectivity index (χ0) is 16.0. The summed E-state index contributed by atoms with van der Waals surface area (Å²) in [6, 6.07) is -1.20. The Labute approximate surface area is 122 Å². The number of hydrogen-bond acceptors (Lipinski definition) is 7. The monoisotopic (exact) mass is 299 g/mol. The molecule has 1 aromatic heterocycles. The Morgan fingerprint density at radius 2 is 2.19 bits per heavy atom. The second kappa shape index (κ2) is 7.75. The van der Waals surface area contributed by atoms with Crippen molar-refractivity contribution in [2.45, 2.75) is 45.4 Å². The van der Waals surface area contributed by atoms with Gasteiger partial charge >= 0.3 is 5.97 Å². The van der Waals surface area contributed by atoms with Crippen LogP contribution in [0.4, 0.5) is 0 Å². The normalized spacial score (nSPS) is 15.1. The second-order valence-corrected chi connectivity index (χ2v) is 4.72. The molecule has 0 radical (unpaired) electrons. The van der Waals surface area contributed by atoms with E-state index in [2.05, 4.69) is 10.3 Å². The van der Waals surface area contributed by atoms with Gasteiger partial charge in [0.1, 0.15) is 12.3 Å². The van der Waals surface area contributed by atoms with Crippen molar-refractivity contribution in [3.8, 4) is 0 Å². The first-order valence-corrected chi connectivity index (χ1v) is 6.70. The molecule has 21 heavy (non-hydrogen) atoms. The lowest BCUT2D eigenvalue weighted by Crippen LogP contribution is -2.35. The summed E-state index contributed by atoms with van der Waals surface area (Å²) in [4.78, 5) is 27.1. The molecule has 0 saturated carbocycles. The summed E-state index contributed by atoms with van der Waals surface area (Å²) in [6.45, 7) is 5.18. The average molecular weight is 299 g/mol. The first kappa shape index (κ1) is 17.1. The molecule has 0 aliphatic rings.